The van der Waals surface area contributed by atoms with Gasteiger partial charge in [0.15, 0.2) is 0 Å². The first-order valence-electron chi connectivity index (χ1n) is 8.87. The molecule has 156 valence electrons. The maximum atomic E-state index is 13.2. The van der Waals surface area contributed by atoms with Gasteiger partial charge < -0.3 is 9.80 Å². The van der Waals surface area contributed by atoms with Gasteiger partial charge in [-0.2, -0.15) is 13.2 Å². The monoisotopic (exact) mass is 438 g/mol. The highest BCUT2D eigenvalue weighted by Gasteiger charge is 2.37. The van der Waals surface area contributed by atoms with Crippen LogP contribution in [0.2, 0.25) is 5.02 Å². The average molecular weight is 439 g/mol. The summed E-state index contributed by atoms with van der Waals surface area (Å²) in [4.78, 5) is 27.4. The fourth-order valence-corrected chi connectivity index (χ4v) is 3.08. The summed E-state index contributed by atoms with van der Waals surface area (Å²) in [7, 11) is 0. The van der Waals surface area contributed by atoms with Crippen molar-refractivity contribution in [2.24, 2.45) is 0 Å². The summed E-state index contributed by atoms with van der Waals surface area (Å²) in [5, 5.41) is 0.544. The van der Waals surface area contributed by atoms with Gasteiger partial charge in [0.1, 0.15) is 5.82 Å². The molecule has 0 radical (unpaired) electrons. The highest BCUT2D eigenvalue weighted by atomic mass is 35.5. The van der Waals surface area contributed by atoms with Crippen molar-refractivity contribution in [1.29, 1.82) is 0 Å². The van der Waals surface area contributed by atoms with E-state index in [1.165, 1.54) is 9.80 Å². The van der Waals surface area contributed by atoms with Gasteiger partial charge in [-0.25, -0.2) is 4.39 Å². The first-order chi connectivity index (χ1) is 14.1. The van der Waals surface area contributed by atoms with Crippen molar-refractivity contribution in [3.05, 3.63) is 70.0 Å². The van der Waals surface area contributed by atoms with E-state index < -0.39 is 34.9 Å². The summed E-state index contributed by atoms with van der Waals surface area (Å²) in [5.41, 5.74) is -1.33. The summed E-state index contributed by atoms with van der Waals surface area (Å²) >= 11 is 5.79. The van der Waals surface area contributed by atoms with Crippen molar-refractivity contribution < 1.29 is 27.2 Å². The fraction of sp³-hybridized carbons (Fsp3) is 0.238. The second kappa shape index (κ2) is 8.76. The fourth-order valence-electron chi connectivity index (χ4n) is 2.96. The Morgan fingerprint density at radius 3 is 2.13 bits per heavy atom. The minimum absolute atomic E-state index is 0.0435. The first kappa shape index (κ1) is 21.7. The van der Waals surface area contributed by atoms with Crippen LogP contribution in [0.3, 0.4) is 0 Å². The van der Waals surface area contributed by atoms with Crippen molar-refractivity contribution in [2.75, 3.05) is 26.2 Å². The maximum absolute atomic E-state index is 13.2. The van der Waals surface area contributed by atoms with Crippen LogP contribution in [0.15, 0.2) is 42.5 Å². The van der Waals surface area contributed by atoms with Crippen LogP contribution >= 0.6 is 11.6 Å². The molecule has 2 aromatic carbocycles. The second-order valence-corrected chi connectivity index (χ2v) is 6.97. The molecule has 0 bridgehead atoms. The highest BCUT2D eigenvalue weighted by Crippen LogP contribution is 2.33. The molecule has 0 aliphatic carbocycles. The summed E-state index contributed by atoms with van der Waals surface area (Å²) in [5.74, 6) is 2.83. The topological polar surface area (TPSA) is 40.6 Å². The number of alkyl halides is 3. The number of carbonyl (C=O) groups is 2. The van der Waals surface area contributed by atoms with Crippen LogP contribution in [0.4, 0.5) is 17.6 Å². The third-order valence-corrected chi connectivity index (χ3v) is 4.78. The van der Waals surface area contributed by atoms with E-state index >= 15 is 0 Å². The third kappa shape index (κ3) is 5.10. The van der Waals surface area contributed by atoms with Crippen LogP contribution in [0.25, 0.3) is 0 Å². The first-order valence-corrected chi connectivity index (χ1v) is 9.25. The van der Waals surface area contributed by atoms with E-state index in [1.54, 1.807) is 24.3 Å². The molecule has 1 saturated heterocycles. The smallest absolute Gasteiger partial charge is 0.335 e. The summed E-state index contributed by atoms with van der Waals surface area (Å²) in [6, 6.07) is 8.57. The summed E-state index contributed by atoms with van der Waals surface area (Å²) in [6.45, 7) is 0.342. The minimum Gasteiger partial charge on any atom is -0.335 e. The number of carbonyl (C=O) groups excluding carboxylic acids is 2. The van der Waals surface area contributed by atoms with Gasteiger partial charge in [0.05, 0.1) is 11.1 Å². The van der Waals surface area contributed by atoms with Gasteiger partial charge in [0, 0.05) is 42.7 Å². The van der Waals surface area contributed by atoms with Crippen molar-refractivity contribution in [3.63, 3.8) is 0 Å². The zero-order chi connectivity index (χ0) is 21.9. The van der Waals surface area contributed by atoms with Gasteiger partial charge in [-0.3, -0.25) is 9.59 Å². The molecule has 1 aliphatic heterocycles. The SMILES string of the molecule is O=C(C#Cc1ccc(Cl)cc1)N1CCN(C(=O)c2ccc(F)cc2C(F)(F)F)CC1. The van der Waals surface area contributed by atoms with Crippen molar-refractivity contribution in [1.82, 2.24) is 9.80 Å². The Bertz CT molecular complexity index is 1020. The molecule has 30 heavy (non-hydrogen) atoms. The van der Waals surface area contributed by atoms with Crippen LogP contribution in [0.5, 0.6) is 0 Å². The molecule has 3 rings (SSSR count). The van der Waals surface area contributed by atoms with Gasteiger partial charge in [0.25, 0.3) is 11.8 Å². The van der Waals surface area contributed by atoms with E-state index in [-0.39, 0.29) is 26.2 Å². The van der Waals surface area contributed by atoms with Crippen LogP contribution in [0.1, 0.15) is 21.5 Å². The Labute approximate surface area is 175 Å². The second-order valence-electron chi connectivity index (χ2n) is 6.53. The van der Waals surface area contributed by atoms with Gasteiger partial charge in [-0.15, -0.1) is 0 Å². The van der Waals surface area contributed by atoms with Crippen LogP contribution in [0, 0.1) is 17.7 Å². The van der Waals surface area contributed by atoms with Gasteiger partial charge in [-0.1, -0.05) is 17.5 Å². The number of halogens is 5. The quantitative estimate of drug-likeness (QED) is 0.501. The molecule has 0 aromatic heterocycles. The molecular formula is C21H15ClF4N2O2. The molecular weight excluding hydrogens is 424 g/mol. The number of hydrogen-bond acceptors (Lipinski definition) is 2. The maximum Gasteiger partial charge on any atom is 0.417 e. The third-order valence-electron chi connectivity index (χ3n) is 4.53. The van der Waals surface area contributed by atoms with Crippen molar-refractivity contribution in [2.45, 2.75) is 6.18 Å². The van der Waals surface area contributed by atoms with Crippen molar-refractivity contribution in [3.8, 4) is 11.8 Å². The number of piperazine rings is 1. The zero-order valence-corrected chi connectivity index (χ0v) is 16.2. The largest absolute Gasteiger partial charge is 0.417 e. The van der Waals surface area contributed by atoms with E-state index in [0.717, 1.165) is 12.1 Å². The Kier molecular flexibility index (Phi) is 6.32. The van der Waals surface area contributed by atoms with E-state index in [0.29, 0.717) is 16.7 Å². The van der Waals surface area contributed by atoms with E-state index in [2.05, 4.69) is 11.8 Å². The molecule has 1 heterocycles. The number of benzene rings is 2. The average Bonchev–Trinajstić information content (AvgIpc) is 2.72. The molecule has 0 N–H and O–H groups in total. The molecule has 0 saturated carbocycles. The zero-order valence-electron chi connectivity index (χ0n) is 15.5. The van der Waals surface area contributed by atoms with E-state index in [4.69, 9.17) is 11.6 Å². The molecule has 0 spiro atoms. The normalized spacial score (nSPS) is 14.2. The lowest BCUT2D eigenvalue weighted by molar-refractivity contribution is -0.138. The summed E-state index contributed by atoms with van der Waals surface area (Å²) < 4.78 is 52.7. The number of rotatable bonds is 1. The number of nitrogens with zero attached hydrogens (tertiary/aromatic N) is 2. The predicted molar refractivity (Wildman–Crippen MR) is 102 cm³/mol. The molecule has 4 nitrogen and oxygen atoms in total. The molecule has 0 atom stereocenters. The van der Waals surface area contributed by atoms with Gasteiger partial charge in [0.2, 0.25) is 0 Å². The van der Waals surface area contributed by atoms with Gasteiger partial charge in [-0.05, 0) is 42.5 Å². The lowest BCUT2D eigenvalue weighted by Crippen LogP contribution is -2.50. The minimum atomic E-state index is -4.86. The van der Waals surface area contributed by atoms with Gasteiger partial charge >= 0.3 is 6.18 Å². The predicted octanol–water partition coefficient (Wildman–Crippen LogP) is 3.83. The standard InChI is InChI=1S/C21H15ClF4N2O2/c22-15-4-1-14(2-5-15)3-8-19(29)27-9-11-28(12-10-27)20(30)17-7-6-16(23)13-18(17)21(24,25)26/h1-2,4-7,13H,9-12H2. The number of hydrogen-bond donors (Lipinski definition) is 0. The number of amides is 2. The Morgan fingerprint density at radius 2 is 1.53 bits per heavy atom. The van der Waals surface area contributed by atoms with E-state index in [1.807, 2.05) is 0 Å². The lowest BCUT2D eigenvalue weighted by Gasteiger charge is -2.34. The Morgan fingerprint density at radius 1 is 0.933 bits per heavy atom. The van der Waals surface area contributed by atoms with Crippen LogP contribution < -0.4 is 0 Å². The Hall–Kier alpha value is -3.05. The van der Waals surface area contributed by atoms with Crippen molar-refractivity contribution >= 4 is 23.4 Å². The lowest BCUT2D eigenvalue weighted by atomic mass is 10.0. The molecule has 2 aromatic rings. The van der Waals surface area contributed by atoms with E-state index in [9.17, 15) is 27.2 Å². The molecule has 0 unspecified atom stereocenters. The molecule has 9 heteroatoms. The molecule has 2 amide bonds. The Balaban J connectivity index is 1.65. The molecule has 1 aliphatic rings. The highest BCUT2D eigenvalue weighted by molar-refractivity contribution is 6.30. The summed E-state index contributed by atoms with van der Waals surface area (Å²) in [6.07, 6.45) is -4.86. The van der Waals surface area contributed by atoms with Crippen LogP contribution in [-0.2, 0) is 11.0 Å². The molecule has 1 fully saturated rings. The van der Waals surface area contributed by atoms with Crippen LogP contribution in [-0.4, -0.2) is 47.8 Å².